The number of rotatable bonds is 9. The topological polar surface area (TPSA) is 47.6 Å². The van der Waals surface area contributed by atoms with E-state index in [0.717, 1.165) is 41.7 Å². The number of carbonyl (C=O) groups is 1. The second-order valence-electron chi connectivity index (χ2n) is 6.50. The SMILES string of the molecule is CNC(=O)[C@H](OC)c1ccccc1CCCCOc1cc(C)ccc1C. The Hall–Kier alpha value is -2.33. The van der Waals surface area contributed by atoms with E-state index in [1.807, 2.05) is 18.2 Å². The lowest BCUT2D eigenvalue weighted by molar-refractivity contribution is -0.130. The van der Waals surface area contributed by atoms with Gasteiger partial charge in [-0.3, -0.25) is 4.79 Å². The molecule has 0 spiro atoms. The molecule has 4 heteroatoms. The van der Waals surface area contributed by atoms with Gasteiger partial charge in [0.2, 0.25) is 0 Å². The molecule has 140 valence electrons. The van der Waals surface area contributed by atoms with E-state index in [4.69, 9.17) is 9.47 Å². The van der Waals surface area contributed by atoms with Gasteiger partial charge in [0, 0.05) is 14.2 Å². The van der Waals surface area contributed by atoms with Crippen LogP contribution in [0.3, 0.4) is 0 Å². The molecule has 0 unspecified atom stereocenters. The fourth-order valence-corrected chi connectivity index (χ4v) is 2.99. The van der Waals surface area contributed by atoms with E-state index in [9.17, 15) is 4.79 Å². The highest BCUT2D eigenvalue weighted by Gasteiger charge is 2.21. The summed E-state index contributed by atoms with van der Waals surface area (Å²) >= 11 is 0. The molecule has 0 fully saturated rings. The molecule has 2 aromatic carbocycles. The first-order chi connectivity index (χ1) is 12.6. The summed E-state index contributed by atoms with van der Waals surface area (Å²) in [7, 11) is 3.19. The van der Waals surface area contributed by atoms with Gasteiger partial charge in [-0.25, -0.2) is 0 Å². The Morgan fingerprint density at radius 3 is 2.62 bits per heavy atom. The number of hydrogen-bond acceptors (Lipinski definition) is 3. The Kier molecular flexibility index (Phi) is 7.67. The number of carbonyl (C=O) groups excluding carboxylic acids is 1. The summed E-state index contributed by atoms with van der Waals surface area (Å²) in [5.41, 5.74) is 4.45. The zero-order valence-electron chi connectivity index (χ0n) is 16.2. The number of unbranched alkanes of at least 4 members (excludes halogenated alkanes) is 1. The third-order valence-corrected chi connectivity index (χ3v) is 4.50. The van der Waals surface area contributed by atoms with Crippen LogP contribution in [-0.4, -0.2) is 26.7 Å². The van der Waals surface area contributed by atoms with Gasteiger partial charge in [-0.15, -0.1) is 0 Å². The summed E-state index contributed by atoms with van der Waals surface area (Å²) in [6, 6.07) is 14.2. The number of methoxy groups -OCH3 is 1. The van der Waals surface area contributed by atoms with Crippen molar-refractivity contribution in [1.82, 2.24) is 5.32 Å². The van der Waals surface area contributed by atoms with Gasteiger partial charge in [0.1, 0.15) is 5.75 Å². The third-order valence-electron chi connectivity index (χ3n) is 4.50. The molecule has 0 heterocycles. The van der Waals surface area contributed by atoms with Crippen molar-refractivity contribution in [2.75, 3.05) is 20.8 Å². The summed E-state index contributed by atoms with van der Waals surface area (Å²) < 4.78 is 11.3. The fraction of sp³-hybridized carbons (Fsp3) is 0.409. The predicted molar refractivity (Wildman–Crippen MR) is 105 cm³/mol. The van der Waals surface area contributed by atoms with Crippen molar-refractivity contribution in [3.05, 3.63) is 64.7 Å². The highest BCUT2D eigenvalue weighted by molar-refractivity contribution is 5.82. The first kappa shape index (κ1) is 20.0. The Balaban J connectivity index is 1.90. The largest absolute Gasteiger partial charge is 0.493 e. The second-order valence-corrected chi connectivity index (χ2v) is 6.50. The standard InChI is InChI=1S/C22H29NO3/c1-16-12-13-17(2)20(15-16)26-14-8-7-10-18-9-5-6-11-19(18)21(25-4)22(24)23-3/h5-6,9,11-13,15,21H,7-8,10,14H2,1-4H3,(H,23,24)/t21-/m1/s1. The van der Waals surface area contributed by atoms with E-state index in [0.29, 0.717) is 6.61 Å². The Bertz CT molecular complexity index is 727. The van der Waals surface area contributed by atoms with Crippen molar-refractivity contribution in [2.24, 2.45) is 0 Å². The zero-order chi connectivity index (χ0) is 18.9. The third kappa shape index (κ3) is 5.33. The summed E-state index contributed by atoms with van der Waals surface area (Å²) in [6.45, 7) is 4.83. The van der Waals surface area contributed by atoms with Crippen LogP contribution in [0, 0.1) is 13.8 Å². The summed E-state index contributed by atoms with van der Waals surface area (Å²) in [4.78, 5) is 12.0. The van der Waals surface area contributed by atoms with Crippen LogP contribution in [0.4, 0.5) is 0 Å². The Labute approximate surface area is 156 Å². The number of amides is 1. The van der Waals surface area contributed by atoms with Gasteiger partial charge in [0.25, 0.3) is 5.91 Å². The monoisotopic (exact) mass is 355 g/mol. The maximum atomic E-state index is 12.0. The molecule has 0 saturated heterocycles. The first-order valence-corrected chi connectivity index (χ1v) is 9.09. The van der Waals surface area contributed by atoms with Gasteiger partial charge < -0.3 is 14.8 Å². The molecule has 1 amide bonds. The summed E-state index contributed by atoms with van der Waals surface area (Å²) in [5.74, 6) is 0.836. The molecular weight excluding hydrogens is 326 g/mol. The van der Waals surface area contributed by atoms with Crippen molar-refractivity contribution in [2.45, 2.75) is 39.2 Å². The molecule has 0 aliphatic rings. The average molecular weight is 355 g/mol. The minimum atomic E-state index is -0.567. The van der Waals surface area contributed by atoms with Gasteiger partial charge in [0.05, 0.1) is 6.61 Å². The van der Waals surface area contributed by atoms with E-state index in [1.54, 1.807) is 14.2 Å². The average Bonchev–Trinajstić information content (AvgIpc) is 2.65. The van der Waals surface area contributed by atoms with Gasteiger partial charge in [-0.05, 0) is 61.4 Å². The minimum absolute atomic E-state index is 0.127. The molecule has 2 rings (SSSR count). The summed E-state index contributed by atoms with van der Waals surface area (Å²) in [5, 5.41) is 2.66. The lowest BCUT2D eigenvalue weighted by Gasteiger charge is -2.18. The van der Waals surface area contributed by atoms with Crippen molar-refractivity contribution in [3.8, 4) is 5.75 Å². The van der Waals surface area contributed by atoms with Crippen molar-refractivity contribution >= 4 is 5.91 Å². The lowest BCUT2D eigenvalue weighted by Crippen LogP contribution is -2.27. The highest BCUT2D eigenvalue weighted by atomic mass is 16.5. The second kappa shape index (κ2) is 9.97. The molecule has 1 N–H and O–H groups in total. The smallest absolute Gasteiger partial charge is 0.253 e. The molecule has 2 aromatic rings. The van der Waals surface area contributed by atoms with Crippen LogP contribution in [-0.2, 0) is 16.0 Å². The van der Waals surface area contributed by atoms with E-state index in [-0.39, 0.29) is 5.91 Å². The number of benzene rings is 2. The van der Waals surface area contributed by atoms with Gasteiger partial charge in [0.15, 0.2) is 6.10 Å². The molecule has 26 heavy (non-hydrogen) atoms. The normalized spacial score (nSPS) is 11.8. The van der Waals surface area contributed by atoms with E-state index in [1.165, 1.54) is 5.56 Å². The molecule has 0 radical (unpaired) electrons. The molecule has 0 bridgehead atoms. The molecule has 0 aliphatic carbocycles. The fourth-order valence-electron chi connectivity index (χ4n) is 2.99. The van der Waals surface area contributed by atoms with Crippen LogP contribution in [0.15, 0.2) is 42.5 Å². The maximum absolute atomic E-state index is 12.0. The van der Waals surface area contributed by atoms with Crippen LogP contribution in [0.1, 0.15) is 41.2 Å². The number of hydrogen-bond donors (Lipinski definition) is 1. The van der Waals surface area contributed by atoms with E-state index >= 15 is 0 Å². The molecular formula is C22H29NO3. The summed E-state index contributed by atoms with van der Waals surface area (Å²) in [6.07, 6.45) is 2.27. The number of nitrogens with one attached hydrogen (secondary N) is 1. The highest BCUT2D eigenvalue weighted by Crippen LogP contribution is 2.23. The predicted octanol–water partition coefficient (Wildman–Crippen LogP) is 4.14. The molecule has 4 nitrogen and oxygen atoms in total. The lowest BCUT2D eigenvalue weighted by atomic mass is 9.97. The van der Waals surface area contributed by atoms with Crippen LogP contribution in [0.5, 0.6) is 5.75 Å². The zero-order valence-corrected chi connectivity index (χ0v) is 16.2. The first-order valence-electron chi connectivity index (χ1n) is 9.09. The molecule has 1 atom stereocenters. The van der Waals surface area contributed by atoms with Crippen LogP contribution >= 0.6 is 0 Å². The van der Waals surface area contributed by atoms with Crippen LogP contribution in [0.2, 0.25) is 0 Å². The number of likely N-dealkylation sites (N-methyl/N-ethyl adjacent to an activating group) is 1. The number of aryl methyl sites for hydroxylation is 3. The molecule has 0 saturated carbocycles. The minimum Gasteiger partial charge on any atom is -0.493 e. The quantitative estimate of drug-likeness (QED) is 0.688. The Morgan fingerprint density at radius 2 is 1.88 bits per heavy atom. The number of ether oxygens (including phenoxy) is 2. The van der Waals surface area contributed by atoms with Crippen LogP contribution in [0.25, 0.3) is 0 Å². The van der Waals surface area contributed by atoms with Gasteiger partial charge in [-0.2, -0.15) is 0 Å². The van der Waals surface area contributed by atoms with Crippen molar-refractivity contribution in [3.63, 3.8) is 0 Å². The van der Waals surface area contributed by atoms with Gasteiger partial charge in [-0.1, -0.05) is 36.4 Å². The van der Waals surface area contributed by atoms with E-state index in [2.05, 4.69) is 43.4 Å². The molecule has 0 aliphatic heterocycles. The Morgan fingerprint density at radius 1 is 1.12 bits per heavy atom. The van der Waals surface area contributed by atoms with Gasteiger partial charge >= 0.3 is 0 Å². The van der Waals surface area contributed by atoms with Crippen molar-refractivity contribution in [1.29, 1.82) is 0 Å². The molecule has 0 aromatic heterocycles. The maximum Gasteiger partial charge on any atom is 0.253 e. The van der Waals surface area contributed by atoms with Crippen molar-refractivity contribution < 1.29 is 14.3 Å². The van der Waals surface area contributed by atoms with E-state index < -0.39 is 6.10 Å². The van der Waals surface area contributed by atoms with Crippen LogP contribution < -0.4 is 10.1 Å².